The van der Waals surface area contributed by atoms with Crippen LogP contribution in [0.25, 0.3) is 0 Å². The van der Waals surface area contributed by atoms with Crippen LogP contribution in [0.4, 0.5) is 17.1 Å². The van der Waals surface area contributed by atoms with E-state index < -0.39 is 10.0 Å². The molecule has 35 heavy (non-hydrogen) atoms. The number of rotatable bonds is 6. The molecular weight excluding hydrogens is 468 g/mol. The van der Waals surface area contributed by atoms with Gasteiger partial charge in [0.1, 0.15) is 6.54 Å². The SMILES string of the molecule is CC(=O)Nc1ccc(NC(=O)CN2C(=O)CCc3cc(S(=O)(=O)N4CCC(C)CC4)ccc32)cc1. The van der Waals surface area contributed by atoms with Crippen molar-refractivity contribution in [1.29, 1.82) is 0 Å². The molecule has 9 nitrogen and oxygen atoms in total. The molecule has 0 unspecified atom stereocenters. The molecule has 10 heteroatoms. The molecule has 4 rings (SSSR count). The molecule has 2 aromatic carbocycles. The topological polar surface area (TPSA) is 116 Å². The van der Waals surface area contributed by atoms with Gasteiger partial charge in [-0.1, -0.05) is 6.92 Å². The van der Waals surface area contributed by atoms with E-state index in [-0.39, 0.29) is 35.6 Å². The molecule has 2 N–H and O–H groups in total. The van der Waals surface area contributed by atoms with Crippen molar-refractivity contribution >= 4 is 44.8 Å². The zero-order valence-electron chi connectivity index (χ0n) is 19.9. The number of anilines is 3. The molecule has 0 aliphatic carbocycles. The van der Waals surface area contributed by atoms with Crippen LogP contribution in [0.5, 0.6) is 0 Å². The number of fused-ring (bicyclic) bond motifs is 1. The van der Waals surface area contributed by atoms with Crippen molar-refractivity contribution in [2.24, 2.45) is 5.92 Å². The number of carbonyl (C=O) groups is 3. The number of hydrogen-bond acceptors (Lipinski definition) is 5. The highest BCUT2D eigenvalue weighted by Crippen LogP contribution is 2.32. The number of benzene rings is 2. The summed E-state index contributed by atoms with van der Waals surface area (Å²) in [6.07, 6.45) is 2.32. The van der Waals surface area contributed by atoms with Crippen LogP contribution < -0.4 is 15.5 Å². The minimum absolute atomic E-state index is 0.185. The van der Waals surface area contributed by atoms with Crippen molar-refractivity contribution in [3.05, 3.63) is 48.0 Å². The Kier molecular flexibility index (Phi) is 7.23. The lowest BCUT2D eigenvalue weighted by Gasteiger charge is -2.31. The Hall–Kier alpha value is -3.24. The standard InChI is InChI=1S/C25H30N4O5S/c1-17-11-13-28(14-12-17)35(33,34)22-8-9-23-19(15-22)3-10-25(32)29(23)16-24(31)27-21-6-4-20(5-7-21)26-18(2)30/h4-9,15,17H,3,10-14,16H2,1-2H3,(H,26,30)(H,27,31). The smallest absolute Gasteiger partial charge is 0.244 e. The number of nitrogens with one attached hydrogen (secondary N) is 2. The molecule has 0 spiro atoms. The molecule has 0 radical (unpaired) electrons. The maximum Gasteiger partial charge on any atom is 0.244 e. The summed E-state index contributed by atoms with van der Waals surface area (Å²) in [7, 11) is -3.60. The van der Waals surface area contributed by atoms with Gasteiger partial charge < -0.3 is 15.5 Å². The van der Waals surface area contributed by atoms with Crippen LogP contribution in [-0.4, -0.2) is 50.1 Å². The van der Waals surface area contributed by atoms with E-state index in [0.29, 0.717) is 42.5 Å². The summed E-state index contributed by atoms with van der Waals surface area (Å²) in [5.41, 5.74) is 2.44. The molecule has 0 aromatic heterocycles. The van der Waals surface area contributed by atoms with Gasteiger partial charge >= 0.3 is 0 Å². The Morgan fingerprint density at radius 1 is 0.971 bits per heavy atom. The van der Waals surface area contributed by atoms with E-state index in [0.717, 1.165) is 18.4 Å². The van der Waals surface area contributed by atoms with Crippen molar-refractivity contribution in [2.45, 2.75) is 44.4 Å². The zero-order chi connectivity index (χ0) is 25.2. The maximum absolute atomic E-state index is 13.1. The zero-order valence-corrected chi connectivity index (χ0v) is 20.7. The third kappa shape index (κ3) is 5.71. The lowest BCUT2D eigenvalue weighted by molar-refractivity contribution is -0.121. The summed E-state index contributed by atoms with van der Waals surface area (Å²) in [6, 6.07) is 11.5. The second-order valence-electron chi connectivity index (χ2n) is 9.16. The fourth-order valence-corrected chi connectivity index (χ4v) is 5.95. The third-order valence-electron chi connectivity index (χ3n) is 6.42. The molecule has 1 saturated heterocycles. The summed E-state index contributed by atoms with van der Waals surface area (Å²) >= 11 is 0. The molecule has 2 aromatic rings. The van der Waals surface area contributed by atoms with Gasteiger partial charge in [0.2, 0.25) is 27.7 Å². The van der Waals surface area contributed by atoms with E-state index in [1.807, 2.05) is 0 Å². The molecule has 2 aliphatic rings. The number of sulfonamides is 1. The van der Waals surface area contributed by atoms with Gasteiger partial charge in [0, 0.05) is 43.5 Å². The first-order valence-electron chi connectivity index (χ1n) is 11.7. The number of aryl methyl sites for hydroxylation is 1. The summed E-state index contributed by atoms with van der Waals surface area (Å²) in [5.74, 6) is -0.233. The summed E-state index contributed by atoms with van der Waals surface area (Å²) in [6.45, 7) is 4.38. The number of amides is 3. The van der Waals surface area contributed by atoms with E-state index in [4.69, 9.17) is 0 Å². The first-order valence-corrected chi connectivity index (χ1v) is 13.2. The van der Waals surface area contributed by atoms with E-state index in [2.05, 4.69) is 17.6 Å². The van der Waals surface area contributed by atoms with E-state index in [9.17, 15) is 22.8 Å². The van der Waals surface area contributed by atoms with E-state index in [1.54, 1.807) is 36.4 Å². The van der Waals surface area contributed by atoms with Crippen LogP contribution in [-0.2, 0) is 30.8 Å². The Bertz CT molecular complexity index is 1240. The minimum Gasteiger partial charge on any atom is -0.326 e. The third-order valence-corrected chi connectivity index (χ3v) is 8.32. The van der Waals surface area contributed by atoms with Gasteiger partial charge in [0.15, 0.2) is 0 Å². The van der Waals surface area contributed by atoms with Crippen molar-refractivity contribution in [3.63, 3.8) is 0 Å². The van der Waals surface area contributed by atoms with Gasteiger partial charge in [0.25, 0.3) is 0 Å². The molecule has 2 aliphatic heterocycles. The molecule has 2 heterocycles. The highest BCUT2D eigenvalue weighted by atomic mass is 32.2. The molecule has 1 fully saturated rings. The highest BCUT2D eigenvalue weighted by molar-refractivity contribution is 7.89. The maximum atomic E-state index is 13.1. The van der Waals surface area contributed by atoms with Crippen molar-refractivity contribution < 1.29 is 22.8 Å². The van der Waals surface area contributed by atoms with Gasteiger partial charge in [-0.3, -0.25) is 14.4 Å². The Morgan fingerprint density at radius 2 is 1.60 bits per heavy atom. The van der Waals surface area contributed by atoms with Crippen LogP contribution in [0, 0.1) is 5.92 Å². The van der Waals surface area contributed by atoms with Crippen molar-refractivity contribution in [3.8, 4) is 0 Å². The predicted octanol–water partition coefficient (Wildman–Crippen LogP) is 2.98. The number of nitrogens with zero attached hydrogens (tertiary/aromatic N) is 2. The first kappa shape index (κ1) is 24.9. The predicted molar refractivity (Wildman–Crippen MR) is 134 cm³/mol. The Morgan fingerprint density at radius 3 is 2.23 bits per heavy atom. The van der Waals surface area contributed by atoms with Gasteiger partial charge in [-0.05, 0) is 73.2 Å². The average molecular weight is 499 g/mol. The minimum atomic E-state index is -3.60. The highest BCUT2D eigenvalue weighted by Gasteiger charge is 2.31. The molecule has 0 bridgehead atoms. The van der Waals surface area contributed by atoms with E-state index >= 15 is 0 Å². The molecule has 0 saturated carbocycles. The molecular formula is C25H30N4O5S. The number of carbonyl (C=O) groups excluding carboxylic acids is 3. The van der Waals surface area contributed by atoms with Crippen LogP contribution in [0.2, 0.25) is 0 Å². The van der Waals surface area contributed by atoms with Crippen molar-refractivity contribution in [1.82, 2.24) is 4.31 Å². The summed E-state index contributed by atoms with van der Waals surface area (Å²) in [4.78, 5) is 38.1. The van der Waals surface area contributed by atoms with Crippen LogP contribution >= 0.6 is 0 Å². The van der Waals surface area contributed by atoms with Crippen LogP contribution in [0.1, 0.15) is 38.7 Å². The monoisotopic (exact) mass is 498 g/mol. The van der Waals surface area contributed by atoms with Gasteiger partial charge in [-0.25, -0.2) is 8.42 Å². The molecule has 0 atom stereocenters. The fourth-order valence-electron chi connectivity index (χ4n) is 4.43. The largest absolute Gasteiger partial charge is 0.326 e. The number of piperidine rings is 1. The molecule has 3 amide bonds. The summed E-state index contributed by atoms with van der Waals surface area (Å²) in [5, 5.41) is 5.41. The normalized spacial score (nSPS) is 17.1. The average Bonchev–Trinajstić information content (AvgIpc) is 2.82. The Labute approximate surface area is 205 Å². The van der Waals surface area contributed by atoms with Gasteiger partial charge in [-0.15, -0.1) is 0 Å². The van der Waals surface area contributed by atoms with Crippen molar-refractivity contribution in [2.75, 3.05) is 35.2 Å². The second kappa shape index (κ2) is 10.2. The van der Waals surface area contributed by atoms with Gasteiger partial charge in [0.05, 0.1) is 4.90 Å². The Balaban J connectivity index is 1.47. The molecule has 186 valence electrons. The number of hydrogen-bond donors (Lipinski definition) is 2. The lowest BCUT2D eigenvalue weighted by atomic mass is 10.0. The first-order chi connectivity index (χ1) is 16.6. The van der Waals surface area contributed by atoms with E-state index in [1.165, 1.54) is 22.2 Å². The second-order valence-corrected chi connectivity index (χ2v) is 11.1. The van der Waals surface area contributed by atoms with Crippen LogP contribution in [0.15, 0.2) is 47.4 Å². The van der Waals surface area contributed by atoms with Gasteiger partial charge in [-0.2, -0.15) is 4.31 Å². The summed E-state index contributed by atoms with van der Waals surface area (Å²) < 4.78 is 27.8. The quantitative estimate of drug-likeness (QED) is 0.635. The fraction of sp³-hybridized carbons (Fsp3) is 0.400. The van der Waals surface area contributed by atoms with Crippen LogP contribution in [0.3, 0.4) is 0 Å². The lowest BCUT2D eigenvalue weighted by Crippen LogP contribution is -2.41.